The highest BCUT2D eigenvalue weighted by molar-refractivity contribution is 7.99. The van der Waals surface area contributed by atoms with Crippen molar-refractivity contribution in [3.05, 3.63) is 81.6 Å². The first-order valence-corrected chi connectivity index (χ1v) is 9.20. The molecule has 0 unspecified atom stereocenters. The van der Waals surface area contributed by atoms with Crippen LogP contribution >= 0.6 is 11.8 Å². The van der Waals surface area contributed by atoms with Crippen LogP contribution in [0.1, 0.15) is 31.1 Å². The summed E-state index contributed by atoms with van der Waals surface area (Å²) in [7, 11) is 0. The van der Waals surface area contributed by atoms with Gasteiger partial charge in [-0.15, -0.1) is 0 Å². The number of aromatic carboxylic acids is 1. The molecule has 9 heteroatoms. The topological polar surface area (TPSA) is 131 Å². The first kappa shape index (κ1) is 18.5. The van der Waals surface area contributed by atoms with E-state index in [9.17, 15) is 24.3 Å². The number of imide groups is 1. The standard InChI is InChI=1S/C20H13N3O5S/c21-17-16-13(18(25)22-19(16)26)9-15(24)23(17)10-6-7-14(12(8-10)20(27)28)29-11-4-2-1-3-5-11/h1-9H,21H2,(H,27,28)(H,22,25,26). The number of anilines is 1. The number of carboxylic acids is 1. The van der Waals surface area contributed by atoms with Crippen molar-refractivity contribution >= 4 is 35.4 Å². The Kier molecular flexibility index (Phi) is 4.44. The number of benzene rings is 2. The monoisotopic (exact) mass is 407 g/mol. The summed E-state index contributed by atoms with van der Waals surface area (Å²) in [6, 6.07) is 14.7. The van der Waals surface area contributed by atoms with Crippen LogP contribution in [0.15, 0.2) is 69.2 Å². The molecule has 0 radical (unpaired) electrons. The quantitative estimate of drug-likeness (QED) is 0.565. The minimum Gasteiger partial charge on any atom is -0.478 e. The van der Waals surface area contributed by atoms with E-state index in [0.717, 1.165) is 15.5 Å². The van der Waals surface area contributed by atoms with Crippen molar-refractivity contribution < 1.29 is 19.5 Å². The van der Waals surface area contributed by atoms with Gasteiger partial charge in [0.25, 0.3) is 17.4 Å². The van der Waals surface area contributed by atoms with E-state index >= 15 is 0 Å². The SMILES string of the molecule is Nc1c2c(cc(=O)n1-c1ccc(Sc3ccccc3)c(C(=O)O)c1)C(=O)NC2=O. The van der Waals surface area contributed by atoms with Gasteiger partial charge in [0.15, 0.2) is 0 Å². The van der Waals surface area contributed by atoms with E-state index in [1.165, 1.54) is 23.9 Å². The lowest BCUT2D eigenvalue weighted by atomic mass is 10.1. The Hall–Kier alpha value is -3.85. The fourth-order valence-electron chi connectivity index (χ4n) is 3.07. The normalized spacial score (nSPS) is 12.6. The van der Waals surface area contributed by atoms with Gasteiger partial charge in [-0.2, -0.15) is 0 Å². The average Bonchev–Trinajstić information content (AvgIpc) is 2.97. The van der Waals surface area contributed by atoms with Crippen molar-refractivity contribution in [2.45, 2.75) is 9.79 Å². The lowest BCUT2D eigenvalue weighted by Crippen LogP contribution is -2.24. The number of fused-ring (bicyclic) bond motifs is 1. The van der Waals surface area contributed by atoms with Gasteiger partial charge in [-0.1, -0.05) is 30.0 Å². The third kappa shape index (κ3) is 3.17. The number of rotatable bonds is 4. The molecule has 2 aromatic carbocycles. The van der Waals surface area contributed by atoms with Crippen molar-refractivity contribution in [3.63, 3.8) is 0 Å². The zero-order valence-electron chi connectivity index (χ0n) is 14.7. The Bertz CT molecular complexity index is 1250. The van der Waals surface area contributed by atoms with E-state index in [1.807, 2.05) is 30.3 Å². The molecule has 0 saturated heterocycles. The molecule has 144 valence electrons. The second-order valence-corrected chi connectivity index (χ2v) is 7.29. The Balaban J connectivity index is 1.85. The molecule has 3 aromatic rings. The van der Waals surface area contributed by atoms with Crippen LogP contribution in [0, 0.1) is 0 Å². The Labute approximate surface area is 168 Å². The molecule has 4 rings (SSSR count). The molecule has 2 amide bonds. The van der Waals surface area contributed by atoms with Crippen LogP contribution in [0.4, 0.5) is 5.82 Å². The molecule has 1 aliphatic heterocycles. The maximum absolute atomic E-state index is 12.5. The molecular formula is C20H13N3O5S. The van der Waals surface area contributed by atoms with Gasteiger partial charge < -0.3 is 10.8 Å². The number of nitrogens with zero attached hydrogens (tertiary/aromatic N) is 1. The predicted octanol–water partition coefficient (Wildman–Crippen LogP) is 2.15. The number of carbonyl (C=O) groups excluding carboxylic acids is 2. The number of aromatic nitrogens is 1. The van der Waals surface area contributed by atoms with Crippen LogP contribution in [-0.2, 0) is 0 Å². The summed E-state index contributed by atoms with van der Waals surface area (Å²) in [5.41, 5.74) is 5.31. The Morgan fingerprint density at radius 3 is 2.41 bits per heavy atom. The van der Waals surface area contributed by atoms with Gasteiger partial charge >= 0.3 is 5.97 Å². The molecule has 1 aliphatic rings. The summed E-state index contributed by atoms with van der Waals surface area (Å²) in [5, 5.41) is 11.7. The molecule has 1 aromatic heterocycles. The van der Waals surface area contributed by atoms with Crippen LogP contribution in [0.5, 0.6) is 0 Å². The molecule has 8 nitrogen and oxygen atoms in total. The van der Waals surface area contributed by atoms with Gasteiger partial charge in [-0.25, -0.2) is 4.79 Å². The summed E-state index contributed by atoms with van der Waals surface area (Å²) >= 11 is 1.27. The molecule has 29 heavy (non-hydrogen) atoms. The van der Waals surface area contributed by atoms with Crippen LogP contribution in [0.3, 0.4) is 0 Å². The number of hydrogen-bond donors (Lipinski definition) is 3. The molecule has 0 aliphatic carbocycles. The lowest BCUT2D eigenvalue weighted by molar-refractivity contribution is 0.0692. The van der Waals surface area contributed by atoms with Crippen molar-refractivity contribution in [2.75, 3.05) is 5.73 Å². The number of carboxylic acid groups (broad SMARTS) is 1. The zero-order chi connectivity index (χ0) is 20.7. The van der Waals surface area contributed by atoms with E-state index < -0.39 is 23.3 Å². The van der Waals surface area contributed by atoms with Crippen LogP contribution in [0.2, 0.25) is 0 Å². The van der Waals surface area contributed by atoms with E-state index in [4.69, 9.17) is 5.73 Å². The third-order valence-electron chi connectivity index (χ3n) is 4.38. The van der Waals surface area contributed by atoms with E-state index in [-0.39, 0.29) is 28.2 Å². The zero-order valence-corrected chi connectivity index (χ0v) is 15.5. The van der Waals surface area contributed by atoms with Gasteiger partial charge in [-0.3, -0.25) is 24.3 Å². The molecule has 0 saturated carbocycles. The molecule has 0 atom stereocenters. The van der Waals surface area contributed by atoms with Gasteiger partial charge in [0.05, 0.1) is 22.4 Å². The number of pyridine rings is 1. The first-order chi connectivity index (χ1) is 13.9. The fourth-order valence-corrected chi connectivity index (χ4v) is 4.01. The van der Waals surface area contributed by atoms with Gasteiger partial charge in [0.1, 0.15) is 5.82 Å². The van der Waals surface area contributed by atoms with Crippen molar-refractivity contribution in [3.8, 4) is 5.69 Å². The Morgan fingerprint density at radius 2 is 1.72 bits per heavy atom. The highest BCUT2D eigenvalue weighted by Crippen LogP contribution is 2.32. The average molecular weight is 407 g/mol. The molecule has 2 heterocycles. The smallest absolute Gasteiger partial charge is 0.336 e. The molecule has 0 fully saturated rings. The maximum atomic E-state index is 12.5. The van der Waals surface area contributed by atoms with Crippen LogP contribution in [-0.4, -0.2) is 27.5 Å². The number of carbonyl (C=O) groups is 3. The van der Waals surface area contributed by atoms with Gasteiger partial charge in [0.2, 0.25) is 0 Å². The van der Waals surface area contributed by atoms with Gasteiger partial charge in [0, 0.05) is 15.9 Å². The second kappa shape index (κ2) is 6.95. The van der Waals surface area contributed by atoms with Crippen molar-refractivity contribution in [2.24, 2.45) is 0 Å². The van der Waals surface area contributed by atoms with Crippen molar-refractivity contribution in [1.82, 2.24) is 9.88 Å². The highest BCUT2D eigenvalue weighted by Gasteiger charge is 2.32. The third-order valence-corrected chi connectivity index (χ3v) is 5.46. The molecule has 0 spiro atoms. The predicted molar refractivity (Wildman–Crippen MR) is 106 cm³/mol. The van der Waals surface area contributed by atoms with E-state index in [1.54, 1.807) is 6.07 Å². The number of nitrogens with one attached hydrogen (secondary N) is 1. The molecule has 0 bridgehead atoms. The number of hydrogen-bond acceptors (Lipinski definition) is 6. The first-order valence-electron chi connectivity index (χ1n) is 8.38. The molecule has 4 N–H and O–H groups in total. The lowest BCUT2D eigenvalue weighted by Gasteiger charge is -2.14. The largest absolute Gasteiger partial charge is 0.478 e. The number of nitrogen functional groups attached to an aromatic ring is 1. The van der Waals surface area contributed by atoms with Crippen molar-refractivity contribution in [1.29, 1.82) is 0 Å². The summed E-state index contributed by atoms with van der Waals surface area (Å²) in [6.07, 6.45) is 0. The van der Waals surface area contributed by atoms with Gasteiger partial charge in [-0.05, 0) is 30.3 Å². The number of amides is 2. The number of nitrogens with two attached hydrogens (primary N) is 1. The highest BCUT2D eigenvalue weighted by atomic mass is 32.2. The molecular weight excluding hydrogens is 394 g/mol. The fraction of sp³-hybridized carbons (Fsp3) is 0. The van der Waals surface area contributed by atoms with E-state index in [0.29, 0.717) is 4.90 Å². The summed E-state index contributed by atoms with van der Waals surface area (Å²) < 4.78 is 1.01. The second-order valence-electron chi connectivity index (χ2n) is 6.18. The minimum atomic E-state index is -1.18. The van der Waals surface area contributed by atoms with Crippen LogP contribution in [0.25, 0.3) is 5.69 Å². The minimum absolute atomic E-state index is 0.0244. The summed E-state index contributed by atoms with van der Waals surface area (Å²) in [4.78, 5) is 49.5. The summed E-state index contributed by atoms with van der Waals surface area (Å²) in [6.45, 7) is 0. The van der Waals surface area contributed by atoms with E-state index in [2.05, 4.69) is 5.32 Å². The van der Waals surface area contributed by atoms with Crippen LogP contribution < -0.4 is 16.6 Å². The summed E-state index contributed by atoms with van der Waals surface area (Å²) in [5.74, 6) is -2.80. The maximum Gasteiger partial charge on any atom is 0.336 e. The Morgan fingerprint density at radius 1 is 1.00 bits per heavy atom.